The van der Waals surface area contributed by atoms with Crippen LogP contribution in [0.2, 0.25) is 0 Å². The van der Waals surface area contributed by atoms with Gasteiger partial charge in [-0.1, -0.05) is 0 Å². The number of carboxylic acid groups (broad SMARTS) is 1. The molecule has 2 bridgehead atoms. The lowest BCUT2D eigenvalue weighted by molar-refractivity contribution is -0.169. The van der Waals surface area contributed by atoms with Crippen molar-refractivity contribution in [2.24, 2.45) is 22.3 Å². The Labute approximate surface area is 141 Å². The minimum absolute atomic E-state index is 0.00209. The summed E-state index contributed by atoms with van der Waals surface area (Å²) >= 11 is 0. The van der Waals surface area contributed by atoms with Gasteiger partial charge in [0.2, 0.25) is 5.91 Å². The van der Waals surface area contributed by atoms with E-state index in [0.29, 0.717) is 19.3 Å². The van der Waals surface area contributed by atoms with E-state index in [4.69, 9.17) is 21.3 Å². The second-order valence-corrected chi connectivity index (χ2v) is 7.77. The summed E-state index contributed by atoms with van der Waals surface area (Å²) in [5.74, 6) is -1.84. The largest absolute Gasteiger partial charge is 0.481 e. The molecule has 2 saturated carbocycles. The molecule has 24 heavy (non-hydrogen) atoms. The molecular formula is C16H27N3O5. The number of carboxylic acids is 1. The molecule has 0 radical (unpaired) electrons. The van der Waals surface area contributed by atoms with E-state index in [-0.39, 0.29) is 24.5 Å². The van der Waals surface area contributed by atoms with Crippen molar-refractivity contribution in [1.29, 1.82) is 0 Å². The van der Waals surface area contributed by atoms with Crippen LogP contribution in [0.25, 0.3) is 0 Å². The third-order valence-electron chi connectivity index (χ3n) is 5.48. The summed E-state index contributed by atoms with van der Waals surface area (Å²) in [6.07, 6.45) is 2.31. The normalized spacial score (nSPS) is 30.0. The van der Waals surface area contributed by atoms with Crippen molar-refractivity contribution in [2.75, 3.05) is 6.54 Å². The number of ether oxygens (including phenoxy) is 1. The molecule has 2 aliphatic carbocycles. The first-order valence-corrected chi connectivity index (χ1v) is 8.26. The highest BCUT2D eigenvalue weighted by molar-refractivity contribution is 5.84. The van der Waals surface area contributed by atoms with Crippen LogP contribution >= 0.6 is 0 Å². The molecule has 2 aliphatic rings. The minimum Gasteiger partial charge on any atom is -0.481 e. The van der Waals surface area contributed by atoms with Gasteiger partial charge in [0.1, 0.15) is 0 Å². The monoisotopic (exact) mass is 341 g/mol. The second-order valence-electron chi connectivity index (χ2n) is 7.77. The van der Waals surface area contributed by atoms with E-state index < -0.39 is 28.9 Å². The molecule has 2 fully saturated rings. The van der Waals surface area contributed by atoms with Gasteiger partial charge in [-0.25, -0.2) is 0 Å². The first-order chi connectivity index (χ1) is 11.0. The summed E-state index contributed by atoms with van der Waals surface area (Å²) in [6, 6.07) is 0. The van der Waals surface area contributed by atoms with Gasteiger partial charge in [0, 0.05) is 12.1 Å². The Morgan fingerprint density at radius 3 is 2.29 bits per heavy atom. The van der Waals surface area contributed by atoms with Crippen LogP contribution in [0.15, 0.2) is 0 Å². The average molecular weight is 341 g/mol. The van der Waals surface area contributed by atoms with Gasteiger partial charge in [-0.15, -0.1) is 0 Å². The van der Waals surface area contributed by atoms with Gasteiger partial charge in [0.15, 0.2) is 6.23 Å². The van der Waals surface area contributed by atoms with Crippen LogP contribution in [-0.4, -0.2) is 41.3 Å². The quantitative estimate of drug-likeness (QED) is 0.379. The SMILES string of the molecule is CC(C)(C(=O)NCCC(=O)O)C(N)OC(=O)C12CCC(N)(CC1)C2. The molecule has 0 aromatic rings. The van der Waals surface area contributed by atoms with Gasteiger partial charge < -0.3 is 20.9 Å². The van der Waals surface area contributed by atoms with Crippen LogP contribution in [0, 0.1) is 10.8 Å². The Balaban J connectivity index is 1.93. The number of rotatable bonds is 7. The van der Waals surface area contributed by atoms with Crippen molar-refractivity contribution >= 4 is 17.8 Å². The molecule has 0 aliphatic heterocycles. The zero-order valence-electron chi connectivity index (χ0n) is 14.3. The van der Waals surface area contributed by atoms with Crippen molar-refractivity contribution in [1.82, 2.24) is 5.32 Å². The maximum absolute atomic E-state index is 12.6. The highest BCUT2D eigenvalue weighted by atomic mass is 16.6. The van der Waals surface area contributed by atoms with Gasteiger partial charge in [0.25, 0.3) is 0 Å². The van der Waals surface area contributed by atoms with Gasteiger partial charge >= 0.3 is 11.9 Å². The summed E-state index contributed by atoms with van der Waals surface area (Å²) < 4.78 is 5.42. The van der Waals surface area contributed by atoms with Crippen molar-refractivity contribution in [3.8, 4) is 0 Å². The van der Waals surface area contributed by atoms with Crippen molar-refractivity contribution < 1.29 is 24.2 Å². The fourth-order valence-electron chi connectivity index (χ4n) is 3.56. The maximum Gasteiger partial charge on any atom is 0.313 e. The lowest BCUT2D eigenvalue weighted by Gasteiger charge is -2.33. The van der Waals surface area contributed by atoms with Crippen LogP contribution in [0.5, 0.6) is 0 Å². The number of nitrogens with two attached hydrogens (primary N) is 2. The standard InChI is InChI=1S/C16H27N3O5/c1-14(2,12(22)19-8-3-10(20)21)11(17)24-13(23)15-4-6-16(18,9-15)7-5-15/h11H,3-9,17-18H2,1-2H3,(H,19,22)(H,20,21). The third-order valence-corrected chi connectivity index (χ3v) is 5.48. The lowest BCUT2D eigenvalue weighted by atomic mass is 9.83. The Morgan fingerprint density at radius 1 is 1.25 bits per heavy atom. The smallest absolute Gasteiger partial charge is 0.313 e. The van der Waals surface area contributed by atoms with E-state index >= 15 is 0 Å². The number of hydrogen-bond donors (Lipinski definition) is 4. The Bertz CT molecular complexity index is 538. The van der Waals surface area contributed by atoms with Crippen LogP contribution < -0.4 is 16.8 Å². The highest BCUT2D eigenvalue weighted by Gasteiger charge is 2.58. The minimum atomic E-state index is -1.16. The van der Waals surface area contributed by atoms with Crippen LogP contribution in [0.3, 0.4) is 0 Å². The summed E-state index contributed by atoms with van der Waals surface area (Å²) in [5.41, 5.74) is 10.2. The van der Waals surface area contributed by atoms with Gasteiger partial charge in [0.05, 0.1) is 17.3 Å². The molecular weight excluding hydrogens is 314 g/mol. The fourth-order valence-corrected chi connectivity index (χ4v) is 3.56. The van der Waals surface area contributed by atoms with E-state index in [1.54, 1.807) is 13.8 Å². The summed E-state index contributed by atoms with van der Waals surface area (Å²) in [6.45, 7) is 3.13. The number of hydrogen-bond acceptors (Lipinski definition) is 6. The average Bonchev–Trinajstić information content (AvgIpc) is 3.01. The van der Waals surface area contributed by atoms with Crippen LogP contribution in [0.4, 0.5) is 0 Å². The number of fused-ring (bicyclic) bond motifs is 2. The molecule has 0 aromatic carbocycles. The molecule has 1 amide bonds. The molecule has 0 spiro atoms. The third kappa shape index (κ3) is 3.54. The number of carbonyl (C=O) groups is 3. The molecule has 6 N–H and O–H groups in total. The van der Waals surface area contributed by atoms with E-state index in [0.717, 1.165) is 12.8 Å². The first kappa shape index (κ1) is 18.7. The molecule has 0 heterocycles. The second kappa shape index (κ2) is 6.33. The topological polar surface area (TPSA) is 145 Å². The van der Waals surface area contributed by atoms with Gasteiger partial charge in [-0.05, 0) is 46.0 Å². The van der Waals surface area contributed by atoms with Crippen molar-refractivity contribution in [3.05, 3.63) is 0 Å². The zero-order chi connectivity index (χ0) is 18.2. The van der Waals surface area contributed by atoms with Gasteiger partial charge in [-0.2, -0.15) is 0 Å². The number of nitrogens with one attached hydrogen (secondary N) is 1. The molecule has 1 atom stereocenters. The lowest BCUT2D eigenvalue weighted by Crippen LogP contribution is -2.52. The molecule has 8 heteroatoms. The predicted octanol–water partition coefficient (Wildman–Crippen LogP) is 0.0931. The predicted molar refractivity (Wildman–Crippen MR) is 85.5 cm³/mol. The number of amides is 1. The molecule has 1 unspecified atom stereocenters. The van der Waals surface area contributed by atoms with Crippen LogP contribution in [-0.2, 0) is 19.1 Å². The summed E-state index contributed by atoms with van der Waals surface area (Å²) in [4.78, 5) is 35.3. The Kier molecular flexibility index (Phi) is 4.92. The molecule has 0 aromatic heterocycles. The highest BCUT2D eigenvalue weighted by Crippen LogP contribution is 2.56. The van der Waals surface area contributed by atoms with E-state index in [1.807, 2.05) is 0 Å². The molecule has 8 nitrogen and oxygen atoms in total. The zero-order valence-corrected chi connectivity index (χ0v) is 14.3. The Hall–Kier alpha value is -1.67. The summed E-state index contributed by atoms with van der Waals surface area (Å²) in [7, 11) is 0. The molecule has 136 valence electrons. The van der Waals surface area contributed by atoms with E-state index in [9.17, 15) is 14.4 Å². The summed E-state index contributed by atoms with van der Waals surface area (Å²) in [5, 5.41) is 11.1. The van der Waals surface area contributed by atoms with Crippen molar-refractivity contribution in [2.45, 2.75) is 64.1 Å². The van der Waals surface area contributed by atoms with Crippen LogP contribution in [0.1, 0.15) is 52.4 Å². The molecule has 0 saturated heterocycles. The molecule has 2 rings (SSSR count). The van der Waals surface area contributed by atoms with E-state index in [2.05, 4.69) is 5.32 Å². The van der Waals surface area contributed by atoms with Crippen molar-refractivity contribution in [3.63, 3.8) is 0 Å². The maximum atomic E-state index is 12.6. The first-order valence-electron chi connectivity index (χ1n) is 8.26. The van der Waals surface area contributed by atoms with E-state index in [1.165, 1.54) is 0 Å². The number of aliphatic carboxylic acids is 1. The van der Waals surface area contributed by atoms with Gasteiger partial charge in [-0.3, -0.25) is 20.1 Å². The number of carbonyl (C=O) groups excluding carboxylic acids is 2. The Morgan fingerprint density at radius 2 is 1.83 bits per heavy atom. The fraction of sp³-hybridized carbons (Fsp3) is 0.812. The number of esters is 1.